The van der Waals surface area contributed by atoms with E-state index >= 15 is 0 Å². The molecule has 4 rings (SSSR count). The third-order valence-corrected chi connectivity index (χ3v) is 4.81. The molecule has 1 unspecified atom stereocenters. The van der Waals surface area contributed by atoms with Gasteiger partial charge in [-0.15, -0.1) is 10.2 Å². The Balaban J connectivity index is 1.53. The van der Waals surface area contributed by atoms with Crippen molar-refractivity contribution in [2.24, 2.45) is 0 Å². The van der Waals surface area contributed by atoms with Crippen molar-refractivity contribution in [1.29, 1.82) is 0 Å². The Morgan fingerprint density at radius 1 is 1.34 bits per heavy atom. The highest BCUT2D eigenvalue weighted by Gasteiger charge is 2.19. The molecule has 3 aromatic heterocycles. The van der Waals surface area contributed by atoms with Crippen molar-refractivity contribution >= 4 is 23.1 Å². The van der Waals surface area contributed by atoms with Crippen LogP contribution in [-0.4, -0.2) is 58.0 Å². The van der Waals surface area contributed by atoms with Crippen LogP contribution in [-0.2, 0) is 0 Å². The van der Waals surface area contributed by atoms with Crippen LogP contribution in [0.15, 0.2) is 30.5 Å². The third kappa shape index (κ3) is 4.14. The van der Waals surface area contributed by atoms with Crippen molar-refractivity contribution in [3.63, 3.8) is 0 Å². The summed E-state index contributed by atoms with van der Waals surface area (Å²) in [4.78, 5) is 15.1. The zero-order chi connectivity index (χ0) is 20.4. The number of aromatic nitrogens is 4. The number of hydrogen-bond acceptors (Lipinski definition) is 7. The van der Waals surface area contributed by atoms with E-state index < -0.39 is 0 Å². The van der Waals surface area contributed by atoms with Gasteiger partial charge in [-0.05, 0) is 45.0 Å². The number of carbonyl (C=O) groups is 1. The van der Waals surface area contributed by atoms with Crippen molar-refractivity contribution in [3.8, 4) is 5.75 Å². The lowest BCUT2D eigenvalue weighted by Gasteiger charge is -2.32. The maximum Gasteiger partial charge on any atom is 0.260 e. The maximum atomic E-state index is 12.9. The smallest absolute Gasteiger partial charge is 0.260 e. The van der Waals surface area contributed by atoms with Crippen LogP contribution in [0.5, 0.6) is 5.75 Å². The number of rotatable bonds is 5. The predicted molar refractivity (Wildman–Crippen MR) is 111 cm³/mol. The number of fused-ring (bicyclic) bond motifs is 1. The molecule has 9 heteroatoms. The number of nitrogens with zero attached hydrogens (tertiary/aromatic N) is 5. The average Bonchev–Trinajstić information content (AvgIpc) is 3.07. The number of carbonyl (C=O) groups excluding carboxylic acids is 1. The van der Waals surface area contributed by atoms with Crippen molar-refractivity contribution < 1.29 is 9.53 Å². The first kappa shape index (κ1) is 19.1. The number of ether oxygens (including phenoxy) is 1. The largest absolute Gasteiger partial charge is 0.491 e. The first-order chi connectivity index (χ1) is 14.0. The molecule has 4 heterocycles. The van der Waals surface area contributed by atoms with Crippen LogP contribution >= 0.6 is 0 Å². The second-order valence-corrected chi connectivity index (χ2v) is 7.17. The molecular weight excluding hydrogens is 370 g/mol. The molecule has 0 aliphatic carbocycles. The van der Waals surface area contributed by atoms with E-state index in [1.165, 1.54) is 0 Å². The fourth-order valence-electron chi connectivity index (χ4n) is 3.48. The van der Waals surface area contributed by atoms with Gasteiger partial charge in [0.15, 0.2) is 11.6 Å². The topological polar surface area (TPSA) is 96.7 Å². The van der Waals surface area contributed by atoms with E-state index in [0.717, 1.165) is 36.7 Å². The van der Waals surface area contributed by atoms with Gasteiger partial charge in [-0.25, -0.2) is 4.52 Å². The van der Waals surface area contributed by atoms with E-state index in [1.54, 1.807) is 22.8 Å². The van der Waals surface area contributed by atoms with Gasteiger partial charge in [0.05, 0.1) is 29.6 Å². The molecule has 1 fully saturated rings. The first-order valence-corrected chi connectivity index (χ1v) is 9.79. The van der Waals surface area contributed by atoms with Crippen LogP contribution in [0.3, 0.4) is 0 Å². The highest BCUT2D eigenvalue weighted by Crippen LogP contribution is 2.23. The van der Waals surface area contributed by atoms with Crippen LogP contribution in [0.2, 0.25) is 0 Å². The van der Waals surface area contributed by atoms with Crippen LogP contribution in [0.1, 0.15) is 29.9 Å². The third-order valence-electron chi connectivity index (χ3n) is 4.81. The molecule has 9 nitrogen and oxygen atoms in total. The molecule has 0 radical (unpaired) electrons. The lowest BCUT2D eigenvalue weighted by Crippen LogP contribution is -2.49. The molecule has 2 N–H and O–H groups in total. The Hall–Kier alpha value is -3.20. The first-order valence-electron chi connectivity index (χ1n) is 9.79. The summed E-state index contributed by atoms with van der Waals surface area (Å²) in [5, 5.41) is 19.1. The van der Waals surface area contributed by atoms with E-state index in [-0.39, 0.29) is 5.91 Å². The quantitative estimate of drug-likeness (QED) is 0.681. The molecule has 1 atom stereocenters. The summed E-state index contributed by atoms with van der Waals surface area (Å²) in [5.41, 5.74) is 2.13. The summed E-state index contributed by atoms with van der Waals surface area (Å²) in [6, 6.07) is 7.74. The minimum atomic E-state index is -0.298. The molecule has 1 amide bonds. The predicted octanol–water partition coefficient (Wildman–Crippen LogP) is 1.88. The van der Waals surface area contributed by atoms with Crippen LogP contribution in [0.4, 0.5) is 11.6 Å². The summed E-state index contributed by atoms with van der Waals surface area (Å²) in [6.45, 7) is 9.05. The summed E-state index contributed by atoms with van der Waals surface area (Å²) >= 11 is 0. The molecule has 0 saturated carbocycles. The number of hydrogen-bond donors (Lipinski definition) is 2. The molecule has 3 aromatic rings. The second-order valence-electron chi connectivity index (χ2n) is 7.17. The van der Waals surface area contributed by atoms with Gasteiger partial charge in [-0.2, -0.15) is 5.10 Å². The monoisotopic (exact) mass is 395 g/mol. The van der Waals surface area contributed by atoms with Gasteiger partial charge in [0.25, 0.3) is 5.91 Å². The van der Waals surface area contributed by atoms with E-state index in [4.69, 9.17) is 4.74 Å². The Morgan fingerprint density at radius 2 is 2.21 bits per heavy atom. The highest BCUT2D eigenvalue weighted by atomic mass is 16.5. The SMILES string of the molecule is CCOc1cn2nc(C)cc2cc1C(=O)Nc1ccc(N2CCNC(C)C2)nn1. The van der Waals surface area contributed by atoms with E-state index in [0.29, 0.717) is 29.8 Å². The molecule has 1 saturated heterocycles. The zero-order valence-electron chi connectivity index (χ0n) is 16.8. The van der Waals surface area contributed by atoms with Gasteiger partial charge in [0.1, 0.15) is 5.75 Å². The molecule has 1 aliphatic rings. The van der Waals surface area contributed by atoms with Gasteiger partial charge < -0.3 is 20.3 Å². The second kappa shape index (κ2) is 8.04. The van der Waals surface area contributed by atoms with Gasteiger partial charge in [0.2, 0.25) is 0 Å². The van der Waals surface area contributed by atoms with E-state index in [1.807, 2.05) is 26.0 Å². The van der Waals surface area contributed by atoms with Crippen molar-refractivity contribution in [1.82, 2.24) is 25.1 Å². The standard InChI is InChI=1S/C20H25N7O2/c1-4-29-17-12-27-15(9-13(2)25-27)10-16(17)20(28)22-18-5-6-19(24-23-18)26-8-7-21-14(3)11-26/h5-6,9-10,12,14,21H,4,7-8,11H2,1-3H3,(H,22,23,28). The highest BCUT2D eigenvalue weighted by molar-refractivity contribution is 6.06. The van der Waals surface area contributed by atoms with Crippen molar-refractivity contribution in [2.75, 3.05) is 36.5 Å². The number of amides is 1. The van der Waals surface area contributed by atoms with Crippen LogP contribution < -0.4 is 20.3 Å². The summed E-state index contributed by atoms with van der Waals surface area (Å²) in [5.74, 6) is 1.38. The number of aryl methyl sites for hydroxylation is 1. The van der Waals surface area contributed by atoms with Gasteiger partial charge in [0, 0.05) is 25.7 Å². The zero-order valence-corrected chi connectivity index (χ0v) is 16.8. The van der Waals surface area contributed by atoms with Crippen LogP contribution in [0.25, 0.3) is 5.52 Å². The Labute approximate surface area is 169 Å². The number of piperazine rings is 1. The van der Waals surface area contributed by atoms with Crippen molar-refractivity contribution in [3.05, 3.63) is 41.7 Å². The van der Waals surface area contributed by atoms with E-state index in [9.17, 15) is 4.79 Å². The number of nitrogens with one attached hydrogen (secondary N) is 2. The minimum absolute atomic E-state index is 0.298. The molecule has 1 aliphatic heterocycles. The lowest BCUT2D eigenvalue weighted by atomic mass is 10.2. The van der Waals surface area contributed by atoms with Crippen LogP contribution in [0, 0.1) is 6.92 Å². The Kier molecular flexibility index (Phi) is 5.30. The summed E-state index contributed by atoms with van der Waals surface area (Å²) in [7, 11) is 0. The number of anilines is 2. The normalized spacial score (nSPS) is 16.8. The van der Waals surface area contributed by atoms with Gasteiger partial charge in [-0.3, -0.25) is 4.79 Å². The summed E-state index contributed by atoms with van der Waals surface area (Å²) < 4.78 is 7.36. The average molecular weight is 395 g/mol. The molecular formula is C20H25N7O2. The number of pyridine rings is 1. The molecule has 152 valence electrons. The van der Waals surface area contributed by atoms with Crippen molar-refractivity contribution in [2.45, 2.75) is 26.8 Å². The molecule has 0 bridgehead atoms. The molecule has 0 aromatic carbocycles. The fraction of sp³-hybridized carbons (Fsp3) is 0.400. The fourth-order valence-corrected chi connectivity index (χ4v) is 3.48. The van der Waals surface area contributed by atoms with E-state index in [2.05, 4.69) is 37.8 Å². The molecule has 0 spiro atoms. The summed E-state index contributed by atoms with van der Waals surface area (Å²) in [6.07, 6.45) is 1.72. The Bertz CT molecular complexity index is 1020. The van der Waals surface area contributed by atoms with Gasteiger partial charge in [-0.1, -0.05) is 0 Å². The molecule has 29 heavy (non-hydrogen) atoms. The van der Waals surface area contributed by atoms with Gasteiger partial charge >= 0.3 is 0 Å². The minimum Gasteiger partial charge on any atom is -0.491 e. The lowest BCUT2D eigenvalue weighted by molar-refractivity contribution is 0.102. The Morgan fingerprint density at radius 3 is 2.93 bits per heavy atom. The maximum absolute atomic E-state index is 12.9.